The molecule has 1 heterocycles. The molecule has 166 valence electrons. The van der Waals surface area contributed by atoms with Crippen LogP contribution in [0.5, 0.6) is 5.75 Å². The van der Waals surface area contributed by atoms with E-state index < -0.39 is 11.8 Å². The molecule has 0 aliphatic heterocycles. The summed E-state index contributed by atoms with van der Waals surface area (Å²) >= 11 is 17.8. The van der Waals surface area contributed by atoms with Crippen LogP contribution in [0.15, 0.2) is 48.8 Å². The Kier molecular flexibility index (Phi) is 7.77. The largest absolute Gasteiger partial charge is 0.482 e. The van der Waals surface area contributed by atoms with E-state index in [1.165, 1.54) is 12.4 Å². The van der Waals surface area contributed by atoms with Crippen molar-refractivity contribution in [3.8, 4) is 5.75 Å². The molecule has 0 radical (unpaired) electrons. The van der Waals surface area contributed by atoms with Gasteiger partial charge in [0.25, 0.3) is 11.8 Å². The molecule has 0 saturated carbocycles. The second kappa shape index (κ2) is 10.7. The van der Waals surface area contributed by atoms with Crippen LogP contribution in [-0.4, -0.2) is 28.4 Å². The van der Waals surface area contributed by atoms with E-state index in [9.17, 15) is 9.59 Å². The second-order valence-electron chi connectivity index (χ2n) is 6.08. The molecule has 6 N–H and O–H groups in total. The van der Waals surface area contributed by atoms with Gasteiger partial charge in [0.1, 0.15) is 17.8 Å². The number of ether oxygens (including phenoxy) is 1. The van der Waals surface area contributed by atoms with Crippen LogP contribution >= 0.6 is 34.8 Å². The van der Waals surface area contributed by atoms with Crippen LogP contribution in [0.3, 0.4) is 0 Å². The van der Waals surface area contributed by atoms with Gasteiger partial charge in [0.05, 0.1) is 15.6 Å². The number of nitrogen functional groups attached to an aromatic ring is 1. The first-order valence-electron chi connectivity index (χ1n) is 8.89. The molecule has 3 rings (SSSR count). The molecule has 0 aliphatic carbocycles. The quantitative estimate of drug-likeness (QED) is 0.299. The lowest BCUT2D eigenvalue weighted by molar-refractivity contribution is -0.122. The summed E-state index contributed by atoms with van der Waals surface area (Å²) in [4.78, 5) is 32.2. The molecule has 0 unspecified atom stereocenters. The van der Waals surface area contributed by atoms with Gasteiger partial charge in [-0.1, -0.05) is 46.9 Å². The van der Waals surface area contributed by atoms with Crippen LogP contribution in [0, 0.1) is 0 Å². The lowest BCUT2D eigenvalue weighted by Gasteiger charge is -2.14. The maximum Gasteiger partial charge on any atom is 0.276 e. The van der Waals surface area contributed by atoms with E-state index >= 15 is 0 Å². The van der Waals surface area contributed by atoms with Crippen molar-refractivity contribution >= 4 is 63.9 Å². The summed E-state index contributed by atoms with van der Waals surface area (Å²) in [5.74, 6) is -0.535. The highest BCUT2D eigenvalue weighted by Gasteiger charge is 2.13. The van der Waals surface area contributed by atoms with Crippen molar-refractivity contribution < 1.29 is 14.3 Å². The molecule has 32 heavy (non-hydrogen) atoms. The molecular formula is C19H16Cl3N7O3. The van der Waals surface area contributed by atoms with E-state index in [1.54, 1.807) is 36.4 Å². The van der Waals surface area contributed by atoms with Crippen LogP contribution in [-0.2, 0) is 4.79 Å². The van der Waals surface area contributed by atoms with Crippen molar-refractivity contribution in [2.45, 2.75) is 0 Å². The Balaban J connectivity index is 1.54. The van der Waals surface area contributed by atoms with Gasteiger partial charge in [-0.05, 0) is 30.3 Å². The zero-order valence-electron chi connectivity index (χ0n) is 16.2. The Morgan fingerprint density at radius 3 is 2.31 bits per heavy atom. The fourth-order valence-corrected chi connectivity index (χ4v) is 3.01. The fraction of sp³-hybridized carbons (Fsp3) is 0.0526. The van der Waals surface area contributed by atoms with Gasteiger partial charge in [-0.3, -0.25) is 31.3 Å². The van der Waals surface area contributed by atoms with Gasteiger partial charge >= 0.3 is 0 Å². The Hall–Kier alpha value is -3.47. The summed E-state index contributed by atoms with van der Waals surface area (Å²) in [5.41, 5.74) is 16.2. The molecular weight excluding hydrogens is 481 g/mol. The lowest BCUT2D eigenvalue weighted by atomic mass is 10.2. The molecule has 0 atom stereocenters. The van der Waals surface area contributed by atoms with Gasteiger partial charge in [-0.25, -0.2) is 9.97 Å². The van der Waals surface area contributed by atoms with E-state index in [-0.39, 0.29) is 39.5 Å². The fourth-order valence-electron chi connectivity index (χ4n) is 2.32. The predicted molar refractivity (Wildman–Crippen MR) is 123 cm³/mol. The van der Waals surface area contributed by atoms with E-state index in [0.29, 0.717) is 10.8 Å². The Bertz CT molecular complexity index is 1150. The van der Waals surface area contributed by atoms with Crippen LogP contribution in [0.1, 0.15) is 10.4 Å². The van der Waals surface area contributed by atoms with E-state index in [4.69, 9.17) is 45.3 Å². The zero-order valence-corrected chi connectivity index (χ0v) is 18.4. The van der Waals surface area contributed by atoms with Crippen LogP contribution in [0.25, 0.3) is 0 Å². The van der Waals surface area contributed by atoms with Crippen molar-refractivity contribution in [2.24, 2.45) is 0 Å². The minimum Gasteiger partial charge on any atom is -0.482 e. The molecule has 2 aromatic carbocycles. The molecule has 13 heteroatoms. The number of nitrogens with zero attached hydrogens (tertiary/aromatic N) is 2. The summed E-state index contributed by atoms with van der Waals surface area (Å²) in [6.07, 6.45) is 1.18. The number of amides is 2. The molecule has 0 bridgehead atoms. The summed E-state index contributed by atoms with van der Waals surface area (Å²) in [7, 11) is 0. The number of nitrogens with two attached hydrogens (primary N) is 1. The Labute approximate surface area is 197 Å². The van der Waals surface area contributed by atoms with Crippen molar-refractivity contribution in [2.75, 3.05) is 23.2 Å². The summed E-state index contributed by atoms with van der Waals surface area (Å²) in [6, 6.07) is 11.2. The third kappa shape index (κ3) is 6.03. The number of hydrazine groups is 2. The molecule has 3 aromatic rings. The van der Waals surface area contributed by atoms with Gasteiger partial charge in [0.2, 0.25) is 0 Å². The molecule has 0 spiro atoms. The highest BCUT2D eigenvalue weighted by atomic mass is 35.5. The van der Waals surface area contributed by atoms with Crippen molar-refractivity contribution in [3.63, 3.8) is 0 Å². The third-order valence-electron chi connectivity index (χ3n) is 3.87. The normalized spacial score (nSPS) is 10.2. The minimum atomic E-state index is -0.532. The average Bonchev–Trinajstić information content (AvgIpc) is 2.77. The average molecular weight is 497 g/mol. The summed E-state index contributed by atoms with van der Waals surface area (Å²) < 4.78 is 5.34. The van der Waals surface area contributed by atoms with Gasteiger partial charge in [-0.2, -0.15) is 0 Å². The van der Waals surface area contributed by atoms with Gasteiger partial charge in [0.15, 0.2) is 18.2 Å². The van der Waals surface area contributed by atoms with Crippen molar-refractivity contribution in [1.29, 1.82) is 0 Å². The molecule has 2 amide bonds. The Morgan fingerprint density at radius 2 is 1.62 bits per heavy atom. The number of carbonyl (C=O) groups is 2. The van der Waals surface area contributed by atoms with Gasteiger partial charge in [-0.15, -0.1) is 0 Å². The number of nitrogens with one attached hydrogen (secondary N) is 4. The Morgan fingerprint density at radius 1 is 0.938 bits per heavy atom. The molecule has 0 fully saturated rings. The third-order valence-corrected chi connectivity index (χ3v) is 4.73. The minimum absolute atomic E-state index is 0.0360. The molecule has 1 aromatic heterocycles. The second-order valence-corrected chi connectivity index (χ2v) is 7.33. The van der Waals surface area contributed by atoms with Gasteiger partial charge in [0, 0.05) is 5.02 Å². The first-order chi connectivity index (χ1) is 15.3. The number of carbonyl (C=O) groups excluding carboxylic acids is 2. The first kappa shape index (κ1) is 23.2. The topological polar surface area (TPSA) is 143 Å². The number of benzene rings is 2. The monoisotopic (exact) mass is 495 g/mol. The highest BCUT2D eigenvalue weighted by molar-refractivity contribution is 6.35. The zero-order chi connectivity index (χ0) is 23.1. The molecule has 0 aliphatic rings. The number of hydrogen-bond donors (Lipinski definition) is 5. The summed E-state index contributed by atoms with van der Waals surface area (Å²) in [6.45, 7) is -0.335. The smallest absolute Gasteiger partial charge is 0.276 e. The maximum absolute atomic E-state index is 12.2. The van der Waals surface area contributed by atoms with Crippen LogP contribution < -0.4 is 32.2 Å². The first-order valence-corrected chi connectivity index (χ1v) is 10.0. The SMILES string of the molecule is Nc1c(NNC(=O)COc2ccc(Cl)cc2Cl)ncnc1NNC(=O)c1ccccc1Cl. The lowest BCUT2D eigenvalue weighted by Crippen LogP contribution is -2.35. The van der Waals surface area contributed by atoms with E-state index in [1.807, 2.05) is 0 Å². The standard InChI is InChI=1S/C19H16Cl3N7O3/c20-10-5-6-14(13(22)7-10)32-8-15(30)26-27-17-16(23)18(25-9-24-17)28-29-19(31)11-3-1-2-4-12(11)21/h1-7,9H,8,23H2,(H,26,30)(H,29,31)(H2,24,25,27,28). The van der Waals surface area contributed by atoms with Crippen molar-refractivity contribution in [1.82, 2.24) is 20.8 Å². The van der Waals surface area contributed by atoms with Crippen LogP contribution in [0.4, 0.5) is 17.3 Å². The van der Waals surface area contributed by atoms with E-state index in [0.717, 1.165) is 0 Å². The van der Waals surface area contributed by atoms with E-state index in [2.05, 4.69) is 31.7 Å². The number of hydrogen-bond acceptors (Lipinski definition) is 8. The van der Waals surface area contributed by atoms with Gasteiger partial charge < -0.3 is 10.5 Å². The number of aromatic nitrogens is 2. The number of halogens is 3. The van der Waals surface area contributed by atoms with Crippen molar-refractivity contribution in [3.05, 3.63) is 69.4 Å². The van der Waals surface area contributed by atoms with Crippen LogP contribution in [0.2, 0.25) is 15.1 Å². The predicted octanol–water partition coefficient (Wildman–Crippen LogP) is 3.30. The number of rotatable bonds is 8. The molecule has 0 saturated heterocycles. The maximum atomic E-state index is 12.2. The number of anilines is 3. The molecule has 10 nitrogen and oxygen atoms in total. The summed E-state index contributed by atoms with van der Waals surface area (Å²) in [5, 5.41) is 1.00. The highest BCUT2D eigenvalue weighted by Crippen LogP contribution is 2.27.